The van der Waals surface area contributed by atoms with Gasteiger partial charge in [0.15, 0.2) is 11.5 Å². The van der Waals surface area contributed by atoms with Gasteiger partial charge in [-0.05, 0) is 86.4 Å². The number of para-hydroxylation sites is 1. The van der Waals surface area contributed by atoms with Crippen LogP contribution < -0.4 is 14.8 Å². The van der Waals surface area contributed by atoms with E-state index >= 15 is 0 Å². The van der Waals surface area contributed by atoms with Gasteiger partial charge in [0.25, 0.3) is 0 Å². The number of carbonyl (C=O) groups excluding carboxylic acids is 1. The number of benzene rings is 3. The van der Waals surface area contributed by atoms with Gasteiger partial charge in [0.1, 0.15) is 5.82 Å². The van der Waals surface area contributed by atoms with Crippen molar-refractivity contribution in [2.24, 2.45) is 0 Å². The number of hydrogen-bond donors (Lipinski definition) is 1. The first-order chi connectivity index (χ1) is 20.4. The Morgan fingerprint density at radius 3 is 2.38 bits per heavy atom. The van der Waals surface area contributed by atoms with Gasteiger partial charge in [0, 0.05) is 42.0 Å². The standard InChI is InChI=1S/C35H44FN3O3/c1-6-38(7-2)20-10-11-25(3)37-35(40)22-30(27-16-19-33(41-4)34(21-27)42-5)31-24-39(32-13-9-8-12-29(31)32)23-26-14-17-28(36)18-15-26/h8-9,12-19,21,24-25,30H,6-7,10-11,20,22-23H2,1-5H3,(H,37,40)/t25-,30-/m0/s1. The molecule has 1 heterocycles. The molecule has 0 radical (unpaired) electrons. The molecule has 224 valence electrons. The highest BCUT2D eigenvalue weighted by atomic mass is 19.1. The van der Waals surface area contributed by atoms with Crippen LogP contribution in [0.3, 0.4) is 0 Å². The molecule has 1 N–H and O–H groups in total. The lowest BCUT2D eigenvalue weighted by molar-refractivity contribution is -0.121. The van der Waals surface area contributed by atoms with Crippen molar-refractivity contribution in [3.05, 3.63) is 95.4 Å². The Balaban J connectivity index is 1.65. The lowest BCUT2D eigenvalue weighted by atomic mass is 9.87. The summed E-state index contributed by atoms with van der Waals surface area (Å²) < 4.78 is 26.9. The van der Waals surface area contributed by atoms with Gasteiger partial charge in [0.2, 0.25) is 5.91 Å². The molecule has 0 unspecified atom stereocenters. The van der Waals surface area contributed by atoms with Crippen molar-refractivity contribution in [1.82, 2.24) is 14.8 Å². The minimum absolute atomic E-state index is 0.0143. The first-order valence-corrected chi connectivity index (χ1v) is 14.9. The topological polar surface area (TPSA) is 55.7 Å². The van der Waals surface area contributed by atoms with E-state index in [0.29, 0.717) is 24.5 Å². The van der Waals surface area contributed by atoms with Crippen molar-refractivity contribution in [2.75, 3.05) is 33.9 Å². The number of hydrogen-bond acceptors (Lipinski definition) is 4. The molecule has 2 atom stereocenters. The smallest absolute Gasteiger partial charge is 0.221 e. The van der Waals surface area contributed by atoms with Crippen molar-refractivity contribution >= 4 is 16.8 Å². The molecule has 3 aromatic carbocycles. The maximum atomic E-state index is 13.6. The highest BCUT2D eigenvalue weighted by Gasteiger charge is 2.25. The highest BCUT2D eigenvalue weighted by molar-refractivity contribution is 5.87. The summed E-state index contributed by atoms with van der Waals surface area (Å²) in [5.41, 5.74) is 4.10. The van der Waals surface area contributed by atoms with Gasteiger partial charge in [-0.2, -0.15) is 0 Å². The van der Waals surface area contributed by atoms with Gasteiger partial charge < -0.3 is 24.3 Å². The molecule has 0 aliphatic carbocycles. The second-order valence-electron chi connectivity index (χ2n) is 10.9. The Bertz CT molecular complexity index is 1450. The number of methoxy groups -OCH3 is 2. The number of fused-ring (bicyclic) bond motifs is 1. The van der Waals surface area contributed by atoms with E-state index in [-0.39, 0.29) is 23.7 Å². The molecule has 0 saturated carbocycles. The molecule has 1 aromatic heterocycles. The molecule has 0 spiro atoms. The normalized spacial score (nSPS) is 12.8. The number of amides is 1. The molecule has 0 bridgehead atoms. The van der Waals surface area contributed by atoms with E-state index in [1.807, 2.05) is 42.5 Å². The van der Waals surface area contributed by atoms with Crippen molar-refractivity contribution in [2.45, 2.75) is 58.5 Å². The molecule has 4 rings (SSSR count). The molecule has 0 aliphatic heterocycles. The molecule has 1 amide bonds. The van der Waals surface area contributed by atoms with Crippen LogP contribution in [0.2, 0.25) is 0 Å². The third-order valence-electron chi connectivity index (χ3n) is 8.07. The molecule has 7 heteroatoms. The van der Waals surface area contributed by atoms with Crippen LogP contribution in [0.25, 0.3) is 10.9 Å². The van der Waals surface area contributed by atoms with E-state index < -0.39 is 0 Å². The highest BCUT2D eigenvalue weighted by Crippen LogP contribution is 2.38. The quantitative estimate of drug-likeness (QED) is 0.167. The molecule has 4 aromatic rings. The Kier molecular flexibility index (Phi) is 11.0. The third-order valence-corrected chi connectivity index (χ3v) is 8.07. The fraction of sp³-hybridized carbons (Fsp3) is 0.400. The summed E-state index contributed by atoms with van der Waals surface area (Å²) in [6.45, 7) is 10.2. The van der Waals surface area contributed by atoms with Crippen LogP contribution in [0.4, 0.5) is 4.39 Å². The van der Waals surface area contributed by atoms with Gasteiger partial charge in [-0.3, -0.25) is 4.79 Å². The van der Waals surface area contributed by atoms with Gasteiger partial charge >= 0.3 is 0 Å². The van der Waals surface area contributed by atoms with Crippen LogP contribution in [-0.2, 0) is 11.3 Å². The molecular weight excluding hydrogens is 529 g/mol. The van der Waals surface area contributed by atoms with Gasteiger partial charge in [-0.15, -0.1) is 0 Å². The summed E-state index contributed by atoms with van der Waals surface area (Å²) in [5.74, 6) is 0.816. The first kappa shape index (κ1) is 31.1. The van der Waals surface area contributed by atoms with E-state index in [9.17, 15) is 9.18 Å². The van der Waals surface area contributed by atoms with Crippen LogP contribution in [0, 0.1) is 5.82 Å². The molecule has 0 aliphatic rings. The number of rotatable bonds is 15. The van der Waals surface area contributed by atoms with Crippen molar-refractivity contribution < 1.29 is 18.7 Å². The van der Waals surface area contributed by atoms with Crippen LogP contribution in [-0.4, -0.2) is 55.3 Å². The summed E-state index contributed by atoms with van der Waals surface area (Å²) in [6.07, 6.45) is 4.40. The molecule has 0 saturated heterocycles. The van der Waals surface area contributed by atoms with Gasteiger partial charge in [-0.25, -0.2) is 4.39 Å². The average Bonchev–Trinajstić information content (AvgIpc) is 3.36. The van der Waals surface area contributed by atoms with E-state index in [1.165, 1.54) is 12.1 Å². The van der Waals surface area contributed by atoms with Crippen LogP contribution in [0.15, 0.2) is 72.9 Å². The molecule has 6 nitrogen and oxygen atoms in total. The van der Waals surface area contributed by atoms with Crippen molar-refractivity contribution in [3.8, 4) is 11.5 Å². The number of aromatic nitrogens is 1. The first-order valence-electron chi connectivity index (χ1n) is 14.9. The largest absolute Gasteiger partial charge is 0.493 e. The fourth-order valence-electron chi connectivity index (χ4n) is 5.70. The minimum atomic E-state index is -0.251. The number of nitrogens with one attached hydrogen (secondary N) is 1. The van der Waals surface area contributed by atoms with Gasteiger partial charge in [-0.1, -0.05) is 50.2 Å². The SMILES string of the molecule is CCN(CC)CCC[C@H](C)NC(=O)C[C@@H](c1ccc(OC)c(OC)c1)c1cn(Cc2ccc(F)cc2)c2ccccc12. The summed E-state index contributed by atoms with van der Waals surface area (Å²) in [6, 6.07) is 20.8. The van der Waals surface area contributed by atoms with Crippen molar-refractivity contribution in [1.29, 1.82) is 0 Å². The lowest BCUT2D eigenvalue weighted by Crippen LogP contribution is -2.34. The Labute approximate surface area is 249 Å². The van der Waals surface area contributed by atoms with Crippen LogP contribution in [0.5, 0.6) is 11.5 Å². The second kappa shape index (κ2) is 14.9. The van der Waals surface area contributed by atoms with Crippen molar-refractivity contribution in [3.63, 3.8) is 0 Å². The lowest BCUT2D eigenvalue weighted by Gasteiger charge is -2.22. The van der Waals surface area contributed by atoms with E-state index in [4.69, 9.17) is 9.47 Å². The number of carbonyl (C=O) groups is 1. The zero-order valence-corrected chi connectivity index (χ0v) is 25.5. The molecular formula is C35H44FN3O3. The molecule has 42 heavy (non-hydrogen) atoms. The number of nitrogens with zero attached hydrogens (tertiary/aromatic N) is 2. The third kappa shape index (κ3) is 7.71. The second-order valence-corrected chi connectivity index (χ2v) is 10.9. The minimum Gasteiger partial charge on any atom is -0.493 e. The Hall–Kier alpha value is -3.84. The Morgan fingerprint density at radius 2 is 1.69 bits per heavy atom. The van der Waals surface area contributed by atoms with Crippen LogP contribution >= 0.6 is 0 Å². The maximum absolute atomic E-state index is 13.6. The van der Waals surface area contributed by atoms with Crippen LogP contribution in [0.1, 0.15) is 62.6 Å². The van der Waals surface area contributed by atoms with E-state index in [2.05, 4.69) is 53.9 Å². The maximum Gasteiger partial charge on any atom is 0.221 e. The average molecular weight is 574 g/mol. The summed E-state index contributed by atoms with van der Waals surface area (Å²) in [5, 5.41) is 4.34. The zero-order chi connectivity index (χ0) is 30.1. The predicted octanol–water partition coefficient (Wildman–Crippen LogP) is 6.99. The Morgan fingerprint density at radius 1 is 0.976 bits per heavy atom. The van der Waals surface area contributed by atoms with E-state index in [0.717, 1.165) is 60.1 Å². The zero-order valence-electron chi connectivity index (χ0n) is 25.5. The number of halogens is 1. The predicted molar refractivity (Wildman–Crippen MR) is 168 cm³/mol. The molecule has 0 fully saturated rings. The fourth-order valence-corrected chi connectivity index (χ4v) is 5.70. The summed E-state index contributed by atoms with van der Waals surface area (Å²) >= 11 is 0. The summed E-state index contributed by atoms with van der Waals surface area (Å²) in [7, 11) is 3.24. The van der Waals surface area contributed by atoms with Gasteiger partial charge in [0.05, 0.1) is 14.2 Å². The van der Waals surface area contributed by atoms with E-state index in [1.54, 1.807) is 14.2 Å². The number of ether oxygens (including phenoxy) is 2. The summed E-state index contributed by atoms with van der Waals surface area (Å²) in [4.78, 5) is 15.9. The monoisotopic (exact) mass is 573 g/mol.